The number of nitrogens with two attached hydrogens (primary N) is 1. The third-order valence-corrected chi connectivity index (χ3v) is 3.69. The van der Waals surface area contributed by atoms with E-state index in [-0.39, 0.29) is 5.50 Å². The SMILES string of the molecule is CC1=C(c2cn[nH]c2)N(c2cnccn2)C(N)S1. The number of hydrogen-bond donors (Lipinski definition) is 2. The highest BCUT2D eigenvalue weighted by atomic mass is 32.2. The summed E-state index contributed by atoms with van der Waals surface area (Å²) in [5, 5.41) is 6.80. The van der Waals surface area contributed by atoms with E-state index in [4.69, 9.17) is 5.73 Å². The van der Waals surface area contributed by atoms with E-state index < -0.39 is 0 Å². The summed E-state index contributed by atoms with van der Waals surface area (Å²) in [6.45, 7) is 2.04. The standard InChI is InChI=1S/C11H12N6S/c1-7-10(8-4-15-16-5-8)17(11(12)18-7)9-6-13-2-3-14-9/h2-6,11H,12H2,1H3,(H,15,16). The minimum atomic E-state index is -0.188. The van der Waals surface area contributed by atoms with Gasteiger partial charge in [-0.1, -0.05) is 11.8 Å². The fourth-order valence-corrected chi connectivity index (χ4v) is 2.98. The Hall–Kier alpha value is -1.86. The first-order valence-corrected chi connectivity index (χ1v) is 6.33. The Morgan fingerprint density at radius 3 is 2.94 bits per heavy atom. The minimum Gasteiger partial charge on any atom is -0.302 e. The van der Waals surface area contributed by atoms with Crippen molar-refractivity contribution in [2.75, 3.05) is 4.90 Å². The van der Waals surface area contributed by atoms with Crippen molar-refractivity contribution < 1.29 is 0 Å². The van der Waals surface area contributed by atoms with E-state index in [2.05, 4.69) is 20.2 Å². The van der Waals surface area contributed by atoms with E-state index in [1.165, 1.54) is 0 Å². The van der Waals surface area contributed by atoms with Gasteiger partial charge in [-0.2, -0.15) is 5.10 Å². The molecule has 0 bridgehead atoms. The van der Waals surface area contributed by atoms with Gasteiger partial charge in [0.2, 0.25) is 0 Å². The van der Waals surface area contributed by atoms with Crippen LogP contribution in [0.5, 0.6) is 0 Å². The van der Waals surface area contributed by atoms with Crippen molar-refractivity contribution in [1.29, 1.82) is 0 Å². The second-order valence-corrected chi connectivity index (χ2v) is 5.16. The first-order valence-electron chi connectivity index (χ1n) is 5.45. The van der Waals surface area contributed by atoms with E-state index in [1.807, 2.05) is 18.0 Å². The largest absolute Gasteiger partial charge is 0.302 e. The average molecular weight is 260 g/mol. The molecule has 3 N–H and O–H groups in total. The summed E-state index contributed by atoms with van der Waals surface area (Å²) >= 11 is 1.60. The first kappa shape index (κ1) is 11.2. The third-order valence-electron chi connectivity index (χ3n) is 2.69. The molecule has 2 aromatic rings. The van der Waals surface area contributed by atoms with Gasteiger partial charge in [0.15, 0.2) is 5.82 Å². The molecule has 7 heteroatoms. The molecular formula is C11H12N6S. The number of nitrogens with one attached hydrogen (secondary N) is 1. The van der Waals surface area contributed by atoms with Crippen LogP contribution in [0.25, 0.3) is 5.70 Å². The summed E-state index contributed by atoms with van der Waals surface area (Å²) in [7, 11) is 0. The fourth-order valence-electron chi connectivity index (χ4n) is 1.97. The molecule has 1 aliphatic heterocycles. The van der Waals surface area contributed by atoms with E-state index in [1.54, 1.807) is 36.5 Å². The topological polar surface area (TPSA) is 83.7 Å². The van der Waals surface area contributed by atoms with E-state index in [0.717, 1.165) is 22.0 Å². The van der Waals surface area contributed by atoms with E-state index in [0.29, 0.717) is 0 Å². The fraction of sp³-hybridized carbons (Fsp3) is 0.182. The first-order chi connectivity index (χ1) is 8.77. The molecule has 0 amide bonds. The Morgan fingerprint density at radius 2 is 2.28 bits per heavy atom. The van der Waals surface area contributed by atoms with Gasteiger partial charge in [0.05, 0.1) is 18.1 Å². The van der Waals surface area contributed by atoms with Crippen molar-refractivity contribution in [1.82, 2.24) is 20.2 Å². The Kier molecular flexibility index (Phi) is 2.77. The predicted octanol–water partition coefficient (Wildman–Crippen LogP) is 1.38. The van der Waals surface area contributed by atoms with Crippen molar-refractivity contribution in [3.8, 4) is 0 Å². The van der Waals surface area contributed by atoms with Crippen LogP contribution in [0.1, 0.15) is 12.5 Å². The molecule has 1 aliphatic rings. The van der Waals surface area contributed by atoms with Crippen LogP contribution >= 0.6 is 11.8 Å². The van der Waals surface area contributed by atoms with Gasteiger partial charge in [-0.3, -0.25) is 15.0 Å². The monoisotopic (exact) mass is 260 g/mol. The van der Waals surface area contributed by atoms with Gasteiger partial charge in [0.1, 0.15) is 5.50 Å². The predicted molar refractivity (Wildman–Crippen MR) is 71.3 cm³/mol. The second kappa shape index (κ2) is 4.43. The highest BCUT2D eigenvalue weighted by molar-refractivity contribution is 8.04. The summed E-state index contributed by atoms with van der Waals surface area (Å²) in [4.78, 5) is 11.5. The molecule has 0 aliphatic carbocycles. The van der Waals surface area contributed by atoms with Gasteiger partial charge >= 0.3 is 0 Å². The lowest BCUT2D eigenvalue weighted by molar-refractivity contribution is 0.908. The summed E-state index contributed by atoms with van der Waals surface area (Å²) in [5.74, 6) is 0.741. The molecule has 1 atom stereocenters. The minimum absolute atomic E-state index is 0.188. The average Bonchev–Trinajstić information content (AvgIpc) is 2.97. The summed E-state index contributed by atoms with van der Waals surface area (Å²) in [5.41, 5.74) is 7.99. The molecule has 6 nitrogen and oxygen atoms in total. The number of hydrogen-bond acceptors (Lipinski definition) is 6. The molecule has 0 saturated heterocycles. The number of thioether (sulfide) groups is 1. The van der Waals surface area contributed by atoms with E-state index in [9.17, 15) is 0 Å². The van der Waals surface area contributed by atoms with Crippen LogP contribution in [0.15, 0.2) is 35.9 Å². The smallest absolute Gasteiger partial charge is 0.153 e. The molecule has 0 aromatic carbocycles. The lowest BCUT2D eigenvalue weighted by atomic mass is 10.2. The van der Waals surface area contributed by atoms with Crippen LogP contribution in [0, 0.1) is 0 Å². The zero-order valence-electron chi connectivity index (χ0n) is 9.74. The highest BCUT2D eigenvalue weighted by Crippen LogP contribution is 2.42. The molecule has 0 radical (unpaired) electrons. The van der Waals surface area contributed by atoms with Crippen LogP contribution in [-0.4, -0.2) is 25.7 Å². The number of aromatic nitrogens is 4. The van der Waals surface area contributed by atoms with Crippen molar-refractivity contribution >= 4 is 23.3 Å². The molecular weight excluding hydrogens is 248 g/mol. The zero-order valence-corrected chi connectivity index (χ0v) is 10.6. The quantitative estimate of drug-likeness (QED) is 0.848. The molecule has 2 aromatic heterocycles. The normalized spacial score (nSPS) is 19.7. The van der Waals surface area contributed by atoms with Crippen molar-refractivity contribution in [2.24, 2.45) is 5.73 Å². The number of nitrogens with zero attached hydrogens (tertiary/aromatic N) is 4. The van der Waals surface area contributed by atoms with Gasteiger partial charge in [-0.15, -0.1) is 0 Å². The van der Waals surface area contributed by atoms with Gasteiger partial charge in [-0.05, 0) is 6.92 Å². The molecule has 18 heavy (non-hydrogen) atoms. The molecule has 0 spiro atoms. The van der Waals surface area contributed by atoms with Crippen molar-refractivity contribution in [3.63, 3.8) is 0 Å². The maximum absolute atomic E-state index is 6.15. The molecule has 3 heterocycles. The lowest BCUT2D eigenvalue weighted by Gasteiger charge is -2.24. The molecule has 0 saturated carbocycles. The Balaban J connectivity index is 2.07. The molecule has 92 valence electrons. The maximum atomic E-state index is 6.15. The molecule has 3 rings (SSSR count). The van der Waals surface area contributed by atoms with Crippen LogP contribution < -0.4 is 10.6 Å². The molecule has 1 unspecified atom stereocenters. The van der Waals surface area contributed by atoms with Crippen molar-refractivity contribution in [3.05, 3.63) is 41.5 Å². The number of H-pyrrole nitrogens is 1. The van der Waals surface area contributed by atoms with Gasteiger partial charge < -0.3 is 5.73 Å². The lowest BCUT2D eigenvalue weighted by Crippen LogP contribution is -2.35. The summed E-state index contributed by atoms with van der Waals surface area (Å²) < 4.78 is 0. The van der Waals surface area contributed by atoms with Gasteiger partial charge in [0, 0.05) is 29.1 Å². The van der Waals surface area contributed by atoms with Crippen LogP contribution in [0.3, 0.4) is 0 Å². The second-order valence-electron chi connectivity index (χ2n) is 3.83. The maximum Gasteiger partial charge on any atom is 0.153 e. The number of aromatic amines is 1. The van der Waals surface area contributed by atoms with Crippen LogP contribution in [0.2, 0.25) is 0 Å². The van der Waals surface area contributed by atoms with Gasteiger partial charge in [0.25, 0.3) is 0 Å². The van der Waals surface area contributed by atoms with Crippen LogP contribution in [0.4, 0.5) is 5.82 Å². The summed E-state index contributed by atoms with van der Waals surface area (Å²) in [6.07, 6.45) is 8.64. The van der Waals surface area contributed by atoms with E-state index >= 15 is 0 Å². The summed E-state index contributed by atoms with van der Waals surface area (Å²) in [6, 6.07) is 0. The van der Waals surface area contributed by atoms with Gasteiger partial charge in [-0.25, -0.2) is 4.98 Å². The Bertz CT molecular complexity index is 564. The number of allylic oxidation sites excluding steroid dienone is 1. The highest BCUT2D eigenvalue weighted by Gasteiger charge is 2.31. The Morgan fingerprint density at radius 1 is 1.39 bits per heavy atom. The third kappa shape index (κ3) is 1.77. The van der Waals surface area contributed by atoms with Crippen molar-refractivity contribution in [2.45, 2.75) is 12.4 Å². The number of rotatable bonds is 2. The zero-order chi connectivity index (χ0) is 12.5. The molecule has 0 fully saturated rings. The number of anilines is 1. The van der Waals surface area contributed by atoms with Crippen LogP contribution in [-0.2, 0) is 0 Å². The Labute approximate surface area is 108 Å².